The lowest BCUT2D eigenvalue weighted by Crippen LogP contribution is -2.40. The SMILES string of the molecule is CN(N)C(N)=NN(O)O. The summed E-state index contributed by atoms with van der Waals surface area (Å²) in [4.78, 5) is 0. The van der Waals surface area contributed by atoms with Gasteiger partial charge in [0, 0.05) is 7.05 Å². The third-order valence-electron chi connectivity index (χ3n) is 0.553. The van der Waals surface area contributed by atoms with Gasteiger partial charge in [-0.15, -0.1) is 0 Å². The average molecular weight is 135 g/mol. The molecule has 6 N–H and O–H groups in total. The number of nitrogens with two attached hydrogens (primary N) is 2. The third-order valence-corrected chi connectivity index (χ3v) is 0.553. The van der Waals surface area contributed by atoms with Crippen LogP contribution in [0.25, 0.3) is 0 Å². The van der Waals surface area contributed by atoms with Gasteiger partial charge in [-0.2, -0.15) is 0 Å². The largest absolute Gasteiger partial charge is 0.367 e. The summed E-state index contributed by atoms with van der Waals surface area (Å²) in [5, 5.41) is 19.5. The molecule has 9 heavy (non-hydrogen) atoms. The van der Waals surface area contributed by atoms with E-state index < -0.39 is 5.34 Å². The second-order valence-electron chi connectivity index (χ2n) is 1.34. The van der Waals surface area contributed by atoms with E-state index >= 15 is 0 Å². The number of guanidine groups is 1. The van der Waals surface area contributed by atoms with Crippen LogP contribution < -0.4 is 11.6 Å². The van der Waals surface area contributed by atoms with Gasteiger partial charge < -0.3 is 5.73 Å². The van der Waals surface area contributed by atoms with E-state index in [1.54, 1.807) is 0 Å². The normalized spacial score (nSPS) is 11.3. The molecular weight excluding hydrogens is 126 g/mol. The van der Waals surface area contributed by atoms with Gasteiger partial charge in [0.15, 0.2) is 0 Å². The number of nitrogens with zero attached hydrogens (tertiary/aromatic N) is 3. The van der Waals surface area contributed by atoms with Crippen LogP contribution >= 0.6 is 0 Å². The Labute approximate surface area is 51.6 Å². The van der Waals surface area contributed by atoms with Crippen molar-refractivity contribution in [2.45, 2.75) is 0 Å². The van der Waals surface area contributed by atoms with Gasteiger partial charge in [-0.3, -0.25) is 5.01 Å². The third kappa shape index (κ3) is 3.53. The maximum absolute atomic E-state index is 8.01. The summed E-state index contributed by atoms with van der Waals surface area (Å²) in [5.41, 5.74) is 5.01. The molecule has 0 atom stereocenters. The molecule has 0 amide bonds. The number of hydrogen-bond acceptors (Lipinski definition) is 5. The second kappa shape index (κ2) is 3.07. The van der Waals surface area contributed by atoms with E-state index in [2.05, 4.69) is 5.10 Å². The van der Waals surface area contributed by atoms with Crippen LogP contribution in [-0.4, -0.2) is 33.8 Å². The van der Waals surface area contributed by atoms with Crippen molar-refractivity contribution in [2.75, 3.05) is 7.05 Å². The molecule has 0 bridgehead atoms. The van der Waals surface area contributed by atoms with Crippen LogP contribution in [0, 0.1) is 0 Å². The van der Waals surface area contributed by atoms with Gasteiger partial charge in [0.05, 0.1) is 0 Å². The highest BCUT2D eigenvalue weighted by atomic mass is 16.8. The quantitative estimate of drug-likeness (QED) is 0.145. The van der Waals surface area contributed by atoms with Gasteiger partial charge in [0.1, 0.15) is 0 Å². The summed E-state index contributed by atoms with van der Waals surface area (Å²) in [6.45, 7) is 0. The molecule has 0 aliphatic carbocycles. The summed E-state index contributed by atoms with van der Waals surface area (Å²) < 4.78 is 0. The van der Waals surface area contributed by atoms with Gasteiger partial charge in [-0.25, -0.2) is 16.3 Å². The molecule has 0 aromatic heterocycles. The Morgan fingerprint density at radius 2 is 2.00 bits per heavy atom. The minimum atomic E-state index is -0.418. The van der Waals surface area contributed by atoms with Crippen LogP contribution in [0.15, 0.2) is 5.10 Å². The molecule has 0 heterocycles. The second-order valence-corrected chi connectivity index (χ2v) is 1.34. The molecule has 0 radical (unpaired) electrons. The number of hydrazone groups is 1. The topological polar surface area (TPSA) is 111 Å². The molecule has 0 fully saturated rings. The van der Waals surface area contributed by atoms with Crippen molar-refractivity contribution in [1.29, 1.82) is 0 Å². The van der Waals surface area contributed by atoms with Crippen molar-refractivity contribution in [3.63, 3.8) is 0 Å². The highest BCUT2D eigenvalue weighted by Gasteiger charge is 1.94. The van der Waals surface area contributed by atoms with E-state index in [1.807, 2.05) is 0 Å². The standard InChI is InChI=1S/C2H9N5O2/c1-6(4)2(3)5-7(8)9/h8-9H,4H2,1H3,(H2,3,5). The zero-order chi connectivity index (χ0) is 7.44. The molecule has 7 heteroatoms. The first kappa shape index (κ1) is 7.95. The fourth-order valence-corrected chi connectivity index (χ4v) is 0.162. The molecule has 0 saturated heterocycles. The fourth-order valence-electron chi connectivity index (χ4n) is 0.162. The van der Waals surface area contributed by atoms with Gasteiger partial charge >= 0.3 is 0 Å². The molecule has 0 rings (SSSR count). The first-order valence-electron chi connectivity index (χ1n) is 2.04. The molecule has 0 saturated carbocycles. The minimum absolute atomic E-state index is 0.208. The Morgan fingerprint density at radius 1 is 1.56 bits per heavy atom. The molecule has 0 aliphatic rings. The summed E-state index contributed by atoms with van der Waals surface area (Å²) >= 11 is 0. The Morgan fingerprint density at radius 3 is 2.11 bits per heavy atom. The van der Waals surface area contributed by atoms with E-state index in [1.165, 1.54) is 7.05 Å². The zero-order valence-corrected chi connectivity index (χ0v) is 4.89. The lowest BCUT2D eigenvalue weighted by Gasteiger charge is -2.10. The monoisotopic (exact) mass is 135 g/mol. The van der Waals surface area contributed by atoms with Crippen LogP contribution in [-0.2, 0) is 0 Å². The Kier molecular flexibility index (Phi) is 2.71. The van der Waals surface area contributed by atoms with E-state index in [-0.39, 0.29) is 5.96 Å². The average Bonchev–Trinajstić information content (AvgIpc) is 1.63. The molecule has 54 valence electrons. The Hall–Kier alpha value is -1.05. The van der Waals surface area contributed by atoms with Crippen molar-refractivity contribution < 1.29 is 10.4 Å². The van der Waals surface area contributed by atoms with Crippen LogP contribution in [0.3, 0.4) is 0 Å². The zero-order valence-electron chi connectivity index (χ0n) is 4.89. The molecule has 0 unspecified atom stereocenters. The van der Waals surface area contributed by atoms with E-state index in [9.17, 15) is 0 Å². The molecule has 0 aromatic rings. The Balaban J connectivity index is 3.84. The van der Waals surface area contributed by atoms with E-state index in [4.69, 9.17) is 22.0 Å². The van der Waals surface area contributed by atoms with Gasteiger partial charge in [-0.1, -0.05) is 5.10 Å². The lowest BCUT2D eigenvalue weighted by molar-refractivity contribution is -0.308. The van der Waals surface area contributed by atoms with Crippen LogP contribution in [0.1, 0.15) is 0 Å². The van der Waals surface area contributed by atoms with Gasteiger partial charge in [0.25, 0.3) is 0 Å². The van der Waals surface area contributed by atoms with E-state index in [0.717, 1.165) is 5.01 Å². The molecule has 0 aromatic carbocycles. The maximum atomic E-state index is 8.01. The van der Waals surface area contributed by atoms with Crippen molar-refractivity contribution in [2.24, 2.45) is 16.7 Å². The van der Waals surface area contributed by atoms with Gasteiger partial charge in [-0.05, 0) is 5.34 Å². The summed E-state index contributed by atoms with van der Waals surface area (Å²) in [6, 6.07) is 0. The molecule has 0 aliphatic heterocycles. The van der Waals surface area contributed by atoms with Crippen molar-refractivity contribution in [3.8, 4) is 0 Å². The first-order chi connectivity index (χ1) is 4.04. The van der Waals surface area contributed by atoms with Gasteiger partial charge in [0.2, 0.25) is 5.96 Å². The first-order valence-corrected chi connectivity index (χ1v) is 2.04. The van der Waals surface area contributed by atoms with E-state index in [0.29, 0.717) is 0 Å². The van der Waals surface area contributed by atoms with Crippen molar-refractivity contribution >= 4 is 5.96 Å². The summed E-state index contributed by atoms with van der Waals surface area (Å²) in [5.74, 6) is 4.80. The molecule has 7 nitrogen and oxygen atoms in total. The smallest absolute Gasteiger partial charge is 0.233 e. The molecule has 0 spiro atoms. The maximum Gasteiger partial charge on any atom is 0.233 e. The predicted molar refractivity (Wildman–Crippen MR) is 29.0 cm³/mol. The number of hydrazine groups is 1. The Bertz CT molecular complexity index is 110. The lowest BCUT2D eigenvalue weighted by atomic mass is 10.9. The predicted octanol–water partition coefficient (Wildman–Crippen LogP) is -1.90. The number of hydrogen-bond donors (Lipinski definition) is 4. The number of rotatable bonds is 1. The minimum Gasteiger partial charge on any atom is -0.367 e. The highest BCUT2D eigenvalue weighted by Crippen LogP contribution is 1.74. The molecular formula is C2H9N5O2. The van der Waals surface area contributed by atoms with Crippen LogP contribution in [0.5, 0.6) is 0 Å². The van der Waals surface area contributed by atoms with Crippen molar-refractivity contribution in [1.82, 2.24) is 10.3 Å². The van der Waals surface area contributed by atoms with Crippen LogP contribution in [0.2, 0.25) is 0 Å². The van der Waals surface area contributed by atoms with Crippen LogP contribution in [0.4, 0.5) is 0 Å². The summed E-state index contributed by atoms with van der Waals surface area (Å²) in [7, 11) is 1.41. The highest BCUT2D eigenvalue weighted by molar-refractivity contribution is 5.76. The van der Waals surface area contributed by atoms with Crippen molar-refractivity contribution in [3.05, 3.63) is 0 Å². The fraction of sp³-hybridized carbons (Fsp3) is 0.500. The summed E-state index contributed by atoms with van der Waals surface area (Å²) in [6.07, 6.45) is 0.